The van der Waals surface area contributed by atoms with Gasteiger partial charge >= 0.3 is 6.09 Å². The number of hydrogen-bond acceptors (Lipinski definition) is 3. The van der Waals surface area contributed by atoms with Gasteiger partial charge in [0.2, 0.25) is 0 Å². The van der Waals surface area contributed by atoms with Crippen LogP contribution in [0.4, 0.5) is 4.79 Å². The Kier molecular flexibility index (Phi) is 3.95. The summed E-state index contributed by atoms with van der Waals surface area (Å²) in [5.74, 6) is 0. The molecule has 0 saturated heterocycles. The van der Waals surface area contributed by atoms with E-state index in [9.17, 15) is 4.79 Å². The Morgan fingerprint density at radius 2 is 2.10 bits per heavy atom. The van der Waals surface area contributed by atoms with Crippen molar-refractivity contribution in [2.45, 2.75) is 26.9 Å². The largest absolute Gasteiger partial charge is 0.447 e. The second-order valence-corrected chi connectivity index (χ2v) is 2.75. The molecule has 0 aromatic rings. The summed E-state index contributed by atoms with van der Waals surface area (Å²) in [5.41, 5.74) is 0. The molecular formula is C6H11NO2S. The van der Waals surface area contributed by atoms with Gasteiger partial charge in [-0.15, -0.1) is 0 Å². The maximum atomic E-state index is 10.6. The molecule has 0 radical (unpaired) electrons. The van der Waals surface area contributed by atoms with Gasteiger partial charge in [-0.2, -0.15) is 0 Å². The number of ether oxygens (including phenoxy) is 1. The van der Waals surface area contributed by atoms with Crippen LogP contribution in [0.25, 0.3) is 0 Å². The van der Waals surface area contributed by atoms with Crippen molar-refractivity contribution in [1.29, 1.82) is 0 Å². The standard InChI is InChI=1S/C6H11NO2S/c1-4(2)9-6(8)7-5(3)10/h4H,1-3H3,(H,7,8,10). The normalized spacial score (nSPS) is 9.20. The van der Waals surface area contributed by atoms with Crippen LogP contribution in [0.15, 0.2) is 0 Å². The van der Waals surface area contributed by atoms with Gasteiger partial charge < -0.3 is 4.74 Å². The van der Waals surface area contributed by atoms with Crippen LogP contribution in [0.3, 0.4) is 0 Å². The Labute approximate surface area is 65.7 Å². The van der Waals surface area contributed by atoms with E-state index in [0.29, 0.717) is 4.99 Å². The number of nitrogens with one attached hydrogen (secondary N) is 1. The van der Waals surface area contributed by atoms with Crippen molar-refractivity contribution in [3.8, 4) is 0 Å². The minimum Gasteiger partial charge on any atom is -0.447 e. The third kappa shape index (κ3) is 5.50. The maximum Gasteiger partial charge on any atom is 0.412 e. The van der Waals surface area contributed by atoms with Crippen LogP contribution in [0, 0.1) is 0 Å². The number of carbonyl (C=O) groups excluding carboxylic acids is 1. The first-order valence-electron chi connectivity index (χ1n) is 3.00. The van der Waals surface area contributed by atoms with Crippen molar-refractivity contribution in [2.24, 2.45) is 0 Å². The lowest BCUT2D eigenvalue weighted by atomic mass is 10.5. The van der Waals surface area contributed by atoms with E-state index in [1.807, 2.05) is 0 Å². The number of rotatable bonds is 1. The lowest BCUT2D eigenvalue weighted by Gasteiger charge is -2.07. The summed E-state index contributed by atoms with van der Waals surface area (Å²) in [6, 6.07) is 0. The van der Waals surface area contributed by atoms with Crippen molar-refractivity contribution in [3.05, 3.63) is 0 Å². The number of carbonyl (C=O) groups is 1. The van der Waals surface area contributed by atoms with Crippen LogP contribution < -0.4 is 5.32 Å². The first kappa shape index (κ1) is 9.36. The summed E-state index contributed by atoms with van der Waals surface area (Å²) < 4.78 is 4.72. The number of amides is 1. The monoisotopic (exact) mass is 161 g/mol. The fraction of sp³-hybridized carbons (Fsp3) is 0.667. The molecule has 0 bridgehead atoms. The molecule has 0 aliphatic rings. The van der Waals surface area contributed by atoms with Gasteiger partial charge in [0.1, 0.15) is 0 Å². The molecule has 1 N–H and O–H groups in total. The van der Waals surface area contributed by atoms with Crippen molar-refractivity contribution in [2.75, 3.05) is 0 Å². The lowest BCUT2D eigenvalue weighted by Crippen LogP contribution is -2.29. The van der Waals surface area contributed by atoms with Crippen molar-refractivity contribution >= 4 is 23.3 Å². The van der Waals surface area contributed by atoms with Crippen LogP contribution in [-0.2, 0) is 4.74 Å². The van der Waals surface area contributed by atoms with Crippen LogP contribution in [0.5, 0.6) is 0 Å². The Balaban J connectivity index is 3.54. The Morgan fingerprint density at radius 3 is 2.40 bits per heavy atom. The molecule has 3 nitrogen and oxygen atoms in total. The summed E-state index contributed by atoms with van der Waals surface area (Å²) >= 11 is 4.61. The average Bonchev–Trinajstić information content (AvgIpc) is 1.58. The molecule has 58 valence electrons. The molecule has 0 aromatic heterocycles. The highest BCUT2D eigenvalue weighted by Gasteiger charge is 2.03. The molecule has 0 aromatic carbocycles. The lowest BCUT2D eigenvalue weighted by molar-refractivity contribution is 0.120. The topological polar surface area (TPSA) is 38.3 Å². The van der Waals surface area contributed by atoms with Crippen LogP contribution in [-0.4, -0.2) is 17.2 Å². The smallest absolute Gasteiger partial charge is 0.412 e. The van der Waals surface area contributed by atoms with Gasteiger partial charge in [-0.3, -0.25) is 5.32 Å². The molecule has 0 spiro atoms. The highest BCUT2D eigenvalue weighted by molar-refractivity contribution is 7.80. The van der Waals surface area contributed by atoms with Crippen molar-refractivity contribution < 1.29 is 9.53 Å². The molecule has 10 heavy (non-hydrogen) atoms. The molecule has 0 aliphatic carbocycles. The molecule has 0 rings (SSSR count). The third-order valence-corrected chi connectivity index (χ3v) is 0.723. The second-order valence-electron chi connectivity index (χ2n) is 2.14. The molecule has 0 fully saturated rings. The third-order valence-electron chi connectivity index (χ3n) is 0.621. The summed E-state index contributed by atoms with van der Waals surface area (Å²) in [6.45, 7) is 5.17. The van der Waals surface area contributed by atoms with Gasteiger partial charge in [0.05, 0.1) is 11.1 Å². The van der Waals surface area contributed by atoms with E-state index in [0.717, 1.165) is 0 Å². The average molecular weight is 161 g/mol. The Bertz CT molecular complexity index is 145. The first-order chi connectivity index (χ1) is 4.52. The predicted octanol–water partition coefficient (Wildman–Crippen LogP) is 1.47. The Hall–Kier alpha value is -0.640. The SMILES string of the molecule is CC(=S)NC(=O)OC(C)C. The van der Waals surface area contributed by atoms with Crippen molar-refractivity contribution in [3.63, 3.8) is 0 Å². The van der Waals surface area contributed by atoms with Crippen molar-refractivity contribution in [1.82, 2.24) is 5.32 Å². The van der Waals surface area contributed by atoms with E-state index in [4.69, 9.17) is 4.74 Å². The maximum absolute atomic E-state index is 10.6. The van der Waals surface area contributed by atoms with Gasteiger partial charge in [-0.25, -0.2) is 4.79 Å². The Morgan fingerprint density at radius 1 is 1.60 bits per heavy atom. The van der Waals surface area contributed by atoms with E-state index in [1.165, 1.54) is 0 Å². The number of alkyl carbamates (subject to hydrolysis) is 1. The second kappa shape index (κ2) is 4.22. The highest BCUT2D eigenvalue weighted by atomic mass is 32.1. The van der Waals surface area contributed by atoms with Crippen LogP contribution >= 0.6 is 12.2 Å². The van der Waals surface area contributed by atoms with Crippen LogP contribution in [0.2, 0.25) is 0 Å². The summed E-state index contributed by atoms with van der Waals surface area (Å²) in [6.07, 6.45) is -0.586. The number of hydrogen-bond donors (Lipinski definition) is 1. The molecule has 0 unspecified atom stereocenters. The van der Waals surface area contributed by atoms with E-state index in [2.05, 4.69) is 17.5 Å². The highest BCUT2D eigenvalue weighted by Crippen LogP contribution is 1.87. The molecule has 1 amide bonds. The molecule has 0 atom stereocenters. The molecule has 0 aliphatic heterocycles. The van der Waals surface area contributed by atoms with Gasteiger partial charge in [-0.1, -0.05) is 12.2 Å². The minimum atomic E-state index is -0.484. The van der Waals surface area contributed by atoms with E-state index >= 15 is 0 Å². The van der Waals surface area contributed by atoms with Crippen LogP contribution in [0.1, 0.15) is 20.8 Å². The van der Waals surface area contributed by atoms with E-state index < -0.39 is 6.09 Å². The minimum absolute atomic E-state index is 0.102. The van der Waals surface area contributed by atoms with E-state index in [1.54, 1.807) is 20.8 Å². The van der Waals surface area contributed by atoms with E-state index in [-0.39, 0.29) is 6.10 Å². The first-order valence-corrected chi connectivity index (χ1v) is 3.41. The van der Waals surface area contributed by atoms with Gasteiger partial charge in [0.25, 0.3) is 0 Å². The zero-order valence-corrected chi connectivity index (χ0v) is 7.12. The summed E-state index contributed by atoms with van der Waals surface area (Å²) in [7, 11) is 0. The molecular weight excluding hydrogens is 150 g/mol. The van der Waals surface area contributed by atoms with Gasteiger partial charge in [0.15, 0.2) is 0 Å². The molecule has 0 saturated carbocycles. The van der Waals surface area contributed by atoms with Gasteiger partial charge in [0, 0.05) is 0 Å². The summed E-state index contributed by atoms with van der Waals surface area (Å²) in [5, 5.41) is 2.34. The zero-order chi connectivity index (χ0) is 8.15. The predicted molar refractivity (Wildman–Crippen MR) is 43.0 cm³/mol. The zero-order valence-electron chi connectivity index (χ0n) is 6.30. The fourth-order valence-electron chi connectivity index (χ4n) is 0.387. The quantitative estimate of drug-likeness (QED) is 0.592. The van der Waals surface area contributed by atoms with Gasteiger partial charge in [-0.05, 0) is 20.8 Å². The number of thiocarbonyl (C=S) groups is 1. The fourth-order valence-corrected chi connectivity index (χ4v) is 0.471. The molecule has 4 heteroatoms. The summed E-state index contributed by atoms with van der Waals surface area (Å²) in [4.78, 5) is 11.1. The molecule has 0 heterocycles.